The molecular formula is C13H20N4O4. The number of ether oxygens (including phenoxy) is 1. The third-order valence-electron chi connectivity index (χ3n) is 2.79. The number of hydrogen-bond acceptors (Lipinski definition) is 6. The van der Waals surface area contributed by atoms with Gasteiger partial charge in [0.25, 0.3) is 11.6 Å². The second kappa shape index (κ2) is 8.88. The topological polar surface area (TPSA) is 120 Å². The summed E-state index contributed by atoms with van der Waals surface area (Å²) in [6, 6.07) is 4.04. The van der Waals surface area contributed by atoms with E-state index in [2.05, 4.69) is 17.7 Å². The third-order valence-corrected chi connectivity index (χ3v) is 2.79. The number of anilines is 1. The maximum Gasteiger partial charge on any atom is 0.294 e. The molecule has 1 rings (SSSR count). The SMILES string of the molecule is CCCCOCCNC(=O)c1ccc(NN)c([N+](=O)[O-])c1. The van der Waals surface area contributed by atoms with E-state index < -0.39 is 4.92 Å². The number of hydrazine groups is 1. The summed E-state index contributed by atoms with van der Waals surface area (Å²) in [4.78, 5) is 22.1. The van der Waals surface area contributed by atoms with Crippen LogP contribution in [0.15, 0.2) is 18.2 Å². The Morgan fingerprint density at radius 2 is 2.19 bits per heavy atom. The number of carbonyl (C=O) groups excluding carboxylic acids is 1. The molecule has 0 aliphatic heterocycles. The van der Waals surface area contributed by atoms with Crippen molar-refractivity contribution in [1.82, 2.24) is 5.32 Å². The van der Waals surface area contributed by atoms with Crippen LogP contribution in [-0.2, 0) is 4.74 Å². The maximum atomic E-state index is 11.9. The number of amides is 1. The lowest BCUT2D eigenvalue weighted by atomic mass is 10.1. The highest BCUT2D eigenvalue weighted by molar-refractivity contribution is 5.95. The number of carbonyl (C=O) groups is 1. The largest absolute Gasteiger partial charge is 0.380 e. The van der Waals surface area contributed by atoms with E-state index in [4.69, 9.17) is 10.6 Å². The average molecular weight is 296 g/mol. The fourth-order valence-electron chi connectivity index (χ4n) is 1.63. The number of hydrogen-bond donors (Lipinski definition) is 3. The van der Waals surface area contributed by atoms with Crippen molar-refractivity contribution in [1.29, 1.82) is 0 Å². The number of nitrogens with one attached hydrogen (secondary N) is 2. The van der Waals surface area contributed by atoms with Crippen LogP contribution in [0, 0.1) is 10.1 Å². The van der Waals surface area contributed by atoms with Gasteiger partial charge in [-0.05, 0) is 18.6 Å². The van der Waals surface area contributed by atoms with Crippen LogP contribution in [0.5, 0.6) is 0 Å². The van der Waals surface area contributed by atoms with Crippen molar-refractivity contribution in [2.75, 3.05) is 25.2 Å². The Morgan fingerprint density at radius 3 is 2.81 bits per heavy atom. The van der Waals surface area contributed by atoms with Gasteiger partial charge in [-0.1, -0.05) is 13.3 Å². The lowest BCUT2D eigenvalue weighted by molar-refractivity contribution is -0.384. The normalized spacial score (nSPS) is 10.2. The highest BCUT2D eigenvalue weighted by Gasteiger charge is 2.16. The molecule has 0 bridgehead atoms. The average Bonchev–Trinajstić information content (AvgIpc) is 2.49. The molecule has 0 spiro atoms. The summed E-state index contributed by atoms with van der Waals surface area (Å²) in [6.45, 7) is 3.50. The molecule has 1 amide bonds. The van der Waals surface area contributed by atoms with Crippen molar-refractivity contribution in [3.63, 3.8) is 0 Å². The number of rotatable bonds is 9. The first kappa shape index (κ1) is 16.9. The van der Waals surface area contributed by atoms with Crippen LogP contribution in [0.2, 0.25) is 0 Å². The van der Waals surface area contributed by atoms with Crippen LogP contribution in [0.25, 0.3) is 0 Å². The standard InChI is InChI=1S/C13H20N4O4/c1-2-3-7-21-8-6-15-13(18)10-4-5-11(16-14)12(9-10)17(19)20/h4-5,9,16H,2-3,6-8,14H2,1H3,(H,15,18). The number of nitro benzene ring substituents is 1. The highest BCUT2D eigenvalue weighted by atomic mass is 16.6. The van der Waals surface area contributed by atoms with Gasteiger partial charge in [-0.25, -0.2) is 0 Å². The van der Waals surface area contributed by atoms with E-state index in [1.165, 1.54) is 18.2 Å². The molecule has 4 N–H and O–H groups in total. The molecule has 0 aromatic heterocycles. The summed E-state index contributed by atoms with van der Waals surface area (Å²) < 4.78 is 5.31. The van der Waals surface area contributed by atoms with Gasteiger partial charge in [-0.2, -0.15) is 0 Å². The van der Waals surface area contributed by atoms with Gasteiger partial charge in [0, 0.05) is 24.8 Å². The predicted octanol–water partition coefficient (Wildman–Crippen LogP) is 1.43. The molecular weight excluding hydrogens is 276 g/mol. The Labute approximate surface area is 122 Å². The molecule has 1 aromatic carbocycles. The number of nitrogens with zero attached hydrogens (tertiary/aromatic N) is 1. The Hall–Kier alpha value is -2.19. The number of nitrogen functional groups attached to an aromatic ring is 1. The molecule has 8 nitrogen and oxygen atoms in total. The van der Waals surface area contributed by atoms with Gasteiger partial charge in [0.1, 0.15) is 5.69 Å². The molecule has 0 unspecified atom stereocenters. The molecule has 0 fully saturated rings. The molecule has 0 aliphatic rings. The van der Waals surface area contributed by atoms with Crippen molar-refractivity contribution in [3.05, 3.63) is 33.9 Å². The molecule has 0 radical (unpaired) electrons. The van der Waals surface area contributed by atoms with Gasteiger partial charge < -0.3 is 15.5 Å². The van der Waals surface area contributed by atoms with E-state index in [-0.39, 0.29) is 22.8 Å². The lowest BCUT2D eigenvalue weighted by Crippen LogP contribution is -2.27. The molecule has 116 valence electrons. The minimum atomic E-state index is -0.597. The zero-order chi connectivity index (χ0) is 15.7. The first-order valence-electron chi connectivity index (χ1n) is 6.71. The van der Waals surface area contributed by atoms with Crippen molar-refractivity contribution in [2.24, 2.45) is 5.84 Å². The second-order valence-electron chi connectivity index (χ2n) is 4.36. The van der Waals surface area contributed by atoms with Crippen LogP contribution in [0.3, 0.4) is 0 Å². The third kappa shape index (κ3) is 5.36. The maximum absolute atomic E-state index is 11.9. The Balaban J connectivity index is 2.54. The summed E-state index contributed by atoms with van der Waals surface area (Å²) in [5, 5.41) is 13.5. The van der Waals surface area contributed by atoms with Gasteiger partial charge in [0.2, 0.25) is 0 Å². The minimum Gasteiger partial charge on any atom is -0.380 e. The van der Waals surface area contributed by atoms with Gasteiger partial charge in [-0.3, -0.25) is 20.8 Å². The Bertz CT molecular complexity index is 493. The van der Waals surface area contributed by atoms with Crippen LogP contribution >= 0.6 is 0 Å². The predicted molar refractivity (Wildman–Crippen MR) is 79.0 cm³/mol. The second-order valence-corrected chi connectivity index (χ2v) is 4.36. The first-order valence-corrected chi connectivity index (χ1v) is 6.71. The molecule has 0 heterocycles. The van der Waals surface area contributed by atoms with Gasteiger partial charge in [0.05, 0.1) is 11.5 Å². The van der Waals surface area contributed by atoms with Gasteiger partial charge >= 0.3 is 0 Å². The summed E-state index contributed by atoms with van der Waals surface area (Å²) in [6.07, 6.45) is 2.03. The van der Waals surface area contributed by atoms with E-state index in [9.17, 15) is 14.9 Å². The van der Waals surface area contributed by atoms with Crippen molar-refractivity contribution >= 4 is 17.3 Å². The molecule has 0 aliphatic carbocycles. The minimum absolute atomic E-state index is 0.152. The van der Waals surface area contributed by atoms with E-state index >= 15 is 0 Å². The van der Waals surface area contributed by atoms with Crippen LogP contribution in [-0.4, -0.2) is 30.6 Å². The van der Waals surface area contributed by atoms with E-state index in [0.717, 1.165) is 12.8 Å². The quantitative estimate of drug-likeness (QED) is 0.274. The molecule has 0 saturated heterocycles. The van der Waals surface area contributed by atoms with E-state index in [1.54, 1.807) is 0 Å². The van der Waals surface area contributed by atoms with Crippen molar-refractivity contribution < 1.29 is 14.5 Å². The number of benzene rings is 1. The summed E-state index contributed by atoms with van der Waals surface area (Å²) in [7, 11) is 0. The molecule has 8 heteroatoms. The Kier molecular flexibility index (Phi) is 7.13. The van der Waals surface area contributed by atoms with Crippen LogP contribution in [0.4, 0.5) is 11.4 Å². The monoisotopic (exact) mass is 296 g/mol. The van der Waals surface area contributed by atoms with Gasteiger partial charge in [0.15, 0.2) is 0 Å². The fourth-order valence-corrected chi connectivity index (χ4v) is 1.63. The Morgan fingerprint density at radius 1 is 1.43 bits per heavy atom. The first-order chi connectivity index (χ1) is 10.1. The zero-order valence-electron chi connectivity index (χ0n) is 11.9. The molecule has 1 aromatic rings. The zero-order valence-corrected chi connectivity index (χ0v) is 11.9. The fraction of sp³-hybridized carbons (Fsp3) is 0.462. The van der Waals surface area contributed by atoms with Gasteiger partial charge in [-0.15, -0.1) is 0 Å². The lowest BCUT2D eigenvalue weighted by Gasteiger charge is -2.07. The van der Waals surface area contributed by atoms with E-state index in [0.29, 0.717) is 19.8 Å². The highest BCUT2D eigenvalue weighted by Crippen LogP contribution is 2.24. The smallest absolute Gasteiger partial charge is 0.294 e. The van der Waals surface area contributed by atoms with Crippen molar-refractivity contribution in [2.45, 2.75) is 19.8 Å². The van der Waals surface area contributed by atoms with Crippen molar-refractivity contribution in [3.8, 4) is 0 Å². The molecule has 0 saturated carbocycles. The molecule has 21 heavy (non-hydrogen) atoms. The van der Waals surface area contributed by atoms with Crippen LogP contribution < -0.4 is 16.6 Å². The summed E-state index contributed by atoms with van der Waals surface area (Å²) in [5.74, 6) is 4.79. The number of nitro groups is 1. The number of nitrogens with two attached hydrogens (primary N) is 1. The van der Waals surface area contributed by atoms with E-state index in [1.807, 2.05) is 0 Å². The molecule has 0 atom stereocenters. The summed E-state index contributed by atoms with van der Waals surface area (Å²) in [5.41, 5.74) is 2.33. The summed E-state index contributed by atoms with van der Waals surface area (Å²) >= 11 is 0. The van der Waals surface area contributed by atoms with Crippen LogP contribution in [0.1, 0.15) is 30.1 Å². The number of unbranched alkanes of at least 4 members (excludes halogenated alkanes) is 1.